The maximum absolute atomic E-state index is 2.76. The van der Waals surface area contributed by atoms with Crippen molar-refractivity contribution < 1.29 is 0 Å². The molecule has 4 heterocycles. The van der Waals surface area contributed by atoms with Gasteiger partial charge in [0.15, 0.2) is 0 Å². The van der Waals surface area contributed by atoms with Crippen molar-refractivity contribution >= 4 is 98.5 Å². The van der Waals surface area contributed by atoms with E-state index >= 15 is 0 Å². The van der Waals surface area contributed by atoms with Gasteiger partial charge in [0.2, 0.25) is 0 Å². The number of hydrogen-bond acceptors (Lipinski definition) is 4. The SMILES string of the molecule is CC(C)(C)c1ccc(N2B3c4sc5cc6c(cc5c4N(c4ccc(C(C)(C)C)cc4)c4cc5c(c(c43)-c3cc4c(cc32)sc2ccccc24)C(C)(C)c2ccccc2-5)C(C)(C)CCC6(C)C)cc1. The maximum Gasteiger partial charge on any atom is 0.343 e. The van der Waals surface area contributed by atoms with Gasteiger partial charge in [0.05, 0.1) is 5.69 Å². The second-order valence-electron chi connectivity index (χ2n) is 24.4. The van der Waals surface area contributed by atoms with Crippen molar-refractivity contribution in [2.24, 2.45) is 0 Å². The highest BCUT2D eigenvalue weighted by atomic mass is 32.1. The van der Waals surface area contributed by atoms with Crippen molar-refractivity contribution in [2.45, 2.75) is 123 Å². The second-order valence-corrected chi connectivity index (χ2v) is 26.6. The molecular weight excluding hydrogens is 860 g/mol. The molecule has 2 nitrogen and oxygen atoms in total. The van der Waals surface area contributed by atoms with Crippen LogP contribution in [0.1, 0.15) is 129 Å². The molecule has 2 aliphatic heterocycles. The zero-order chi connectivity index (χ0) is 47.2. The Morgan fingerprint density at radius 3 is 1.78 bits per heavy atom. The molecule has 0 unspecified atom stereocenters. The van der Waals surface area contributed by atoms with Gasteiger partial charge in [-0.1, -0.05) is 150 Å². The zero-order valence-electron chi connectivity index (χ0n) is 41.8. The molecule has 5 heteroatoms. The third kappa shape index (κ3) is 5.81. The fourth-order valence-corrected chi connectivity index (χ4v) is 15.3. The lowest BCUT2D eigenvalue weighted by Gasteiger charge is -2.46. The van der Waals surface area contributed by atoms with E-state index in [9.17, 15) is 0 Å². The van der Waals surface area contributed by atoms with E-state index in [1.807, 2.05) is 22.7 Å². The summed E-state index contributed by atoms with van der Waals surface area (Å²) in [4.78, 5) is 5.48. The summed E-state index contributed by atoms with van der Waals surface area (Å²) in [7, 11) is 0. The molecule has 0 bridgehead atoms. The Kier molecular flexibility index (Phi) is 8.62. The molecule has 13 rings (SSSR count). The van der Waals surface area contributed by atoms with Crippen LogP contribution in [0.15, 0.2) is 127 Å². The largest absolute Gasteiger partial charge is 0.376 e. The van der Waals surface area contributed by atoms with E-state index in [2.05, 4.69) is 220 Å². The molecule has 9 aromatic rings. The quantitative estimate of drug-likeness (QED) is 0.159. The van der Waals surface area contributed by atoms with Gasteiger partial charge in [-0.2, -0.15) is 0 Å². The normalized spacial score (nSPS) is 17.3. The summed E-state index contributed by atoms with van der Waals surface area (Å²) in [6.07, 6.45) is 2.37. The maximum atomic E-state index is 2.76. The van der Waals surface area contributed by atoms with Crippen molar-refractivity contribution in [3.8, 4) is 22.3 Å². The number of fused-ring (bicyclic) bond motifs is 14. The van der Waals surface area contributed by atoms with E-state index in [-0.39, 0.29) is 33.9 Å². The van der Waals surface area contributed by atoms with Crippen molar-refractivity contribution in [3.63, 3.8) is 0 Å². The van der Waals surface area contributed by atoms with E-state index in [4.69, 9.17) is 0 Å². The summed E-state index contributed by atoms with van der Waals surface area (Å²) in [6.45, 7) is 28.8. The topological polar surface area (TPSA) is 6.48 Å². The molecule has 338 valence electrons. The Labute approximate surface area is 411 Å². The van der Waals surface area contributed by atoms with Crippen molar-refractivity contribution in [2.75, 3.05) is 9.71 Å². The first-order valence-electron chi connectivity index (χ1n) is 24.9. The average molecular weight is 921 g/mol. The Bertz CT molecular complexity index is 3620. The number of thiophene rings is 2. The molecule has 0 fully saturated rings. The Morgan fingerprint density at radius 2 is 1.10 bits per heavy atom. The number of anilines is 5. The van der Waals surface area contributed by atoms with Crippen LogP contribution >= 0.6 is 22.7 Å². The fraction of sp³-hybridized carbons (Fsp3) is 0.302. The predicted molar refractivity (Wildman–Crippen MR) is 299 cm³/mol. The molecule has 2 aliphatic carbocycles. The molecule has 0 N–H and O–H groups in total. The number of hydrogen-bond donors (Lipinski definition) is 0. The van der Waals surface area contributed by atoms with Gasteiger partial charge in [-0.25, -0.2) is 0 Å². The first kappa shape index (κ1) is 42.5. The minimum absolute atomic E-state index is 0.0369. The Morgan fingerprint density at radius 1 is 0.500 bits per heavy atom. The molecule has 7 aromatic carbocycles. The lowest BCUT2D eigenvalue weighted by atomic mass is 9.45. The van der Waals surface area contributed by atoms with Crippen LogP contribution in [0.3, 0.4) is 0 Å². The minimum atomic E-state index is -0.226. The molecule has 0 saturated carbocycles. The molecule has 0 radical (unpaired) electrons. The van der Waals surface area contributed by atoms with Gasteiger partial charge < -0.3 is 9.71 Å². The summed E-state index contributed by atoms with van der Waals surface area (Å²) in [5.74, 6) is 0. The van der Waals surface area contributed by atoms with E-state index in [1.165, 1.54) is 137 Å². The molecule has 4 aliphatic rings. The van der Waals surface area contributed by atoms with Crippen molar-refractivity contribution in [1.29, 1.82) is 0 Å². The first-order valence-corrected chi connectivity index (χ1v) is 26.5. The van der Waals surface area contributed by atoms with Crippen LogP contribution in [0.2, 0.25) is 0 Å². The summed E-state index contributed by atoms with van der Waals surface area (Å²) in [5, 5.41) is 4.05. The van der Waals surface area contributed by atoms with Gasteiger partial charge in [-0.15, -0.1) is 22.7 Å². The average Bonchev–Trinajstić information content (AvgIpc) is 3.93. The zero-order valence-corrected chi connectivity index (χ0v) is 43.5. The molecule has 0 amide bonds. The number of nitrogens with zero attached hydrogens (tertiary/aromatic N) is 2. The standard InChI is InChI=1S/C63H61BN2S2/c1-59(2,3)36-21-25-38(26-22-36)65-50-33-43-40-17-13-15-19-46(40)63(11,12)55(43)54-44-31-42-41-18-14-16-20-51(41)67-53(42)35-49(44)66(39-27-23-37(24-28-39)60(4,5)6)64(56(50)54)58-57(65)45-32-47-48(34-52(45)68-58)62(9,10)30-29-61(47,7)8/h13-28,31-35H,29-30H2,1-12H3. The van der Waals surface area contributed by atoms with Gasteiger partial charge in [-0.05, 0) is 151 Å². The van der Waals surface area contributed by atoms with Gasteiger partial charge in [0.25, 0.3) is 0 Å². The highest BCUT2D eigenvalue weighted by Crippen LogP contribution is 2.60. The summed E-state index contributed by atoms with van der Waals surface area (Å²) >= 11 is 3.98. The van der Waals surface area contributed by atoms with Crippen molar-refractivity contribution in [1.82, 2.24) is 0 Å². The van der Waals surface area contributed by atoms with E-state index in [0.29, 0.717) is 0 Å². The van der Waals surface area contributed by atoms with Crippen LogP contribution in [0.25, 0.3) is 52.5 Å². The first-order chi connectivity index (χ1) is 32.2. The molecule has 68 heavy (non-hydrogen) atoms. The van der Waals surface area contributed by atoms with Crippen molar-refractivity contribution in [3.05, 3.63) is 161 Å². The van der Waals surface area contributed by atoms with Crippen LogP contribution in [0.4, 0.5) is 28.4 Å². The number of rotatable bonds is 2. The monoisotopic (exact) mass is 920 g/mol. The van der Waals surface area contributed by atoms with Crippen LogP contribution in [-0.4, -0.2) is 6.85 Å². The van der Waals surface area contributed by atoms with Gasteiger partial charge in [-0.3, -0.25) is 0 Å². The van der Waals surface area contributed by atoms with E-state index in [1.54, 1.807) is 0 Å². The minimum Gasteiger partial charge on any atom is -0.376 e. The lowest BCUT2D eigenvalue weighted by molar-refractivity contribution is 0.332. The smallest absolute Gasteiger partial charge is 0.343 e. The fourth-order valence-electron chi connectivity index (χ4n) is 12.8. The Hall–Kier alpha value is -5.62. The van der Waals surface area contributed by atoms with Crippen LogP contribution in [0.5, 0.6) is 0 Å². The Balaban J connectivity index is 1.22. The van der Waals surface area contributed by atoms with Gasteiger partial charge in [0, 0.05) is 68.8 Å². The summed E-state index contributed by atoms with van der Waals surface area (Å²) < 4.78 is 5.48. The van der Waals surface area contributed by atoms with Crippen LogP contribution in [-0.2, 0) is 27.1 Å². The highest BCUT2D eigenvalue weighted by molar-refractivity contribution is 7.32. The molecule has 0 spiro atoms. The third-order valence-corrected chi connectivity index (χ3v) is 19.1. The lowest BCUT2D eigenvalue weighted by Crippen LogP contribution is -2.61. The summed E-state index contributed by atoms with van der Waals surface area (Å²) in [5.41, 5.74) is 21.9. The van der Waals surface area contributed by atoms with Gasteiger partial charge in [0.1, 0.15) is 0 Å². The highest BCUT2D eigenvalue weighted by Gasteiger charge is 2.52. The molecular formula is C63H61BN2S2. The molecule has 0 atom stereocenters. The summed E-state index contributed by atoms with van der Waals surface area (Å²) in [6, 6.07) is 50.6. The van der Waals surface area contributed by atoms with E-state index < -0.39 is 0 Å². The third-order valence-electron chi connectivity index (χ3n) is 16.8. The molecule has 2 aromatic heterocycles. The second kappa shape index (κ2) is 13.8. The predicted octanol–water partition coefficient (Wildman–Crippen LogP) is 17.2. The molecule has 0 saturated heterocycles. The van der Waals surface area contributed by atoms with Crippen LogP contribution < -0.4 is 20.0 Å². The number of benzene rings is 7. The van der Waals surface area contributed by atoms with Gasteiger partial charge >= 0.3 is 6.85 Å². The van der Waals surface area contributed by atoms with E-state index in [0.717, 1.165) is 0 Å². The van der Waals surface area contributed by atoms with Crippen LogP contribution in [0, 0.1) is 0 Å².